The molecule has 42 heavy (non-hydrogen) atoms. The number of hydrogen-bond acceptors (Lipinski definition) is 8. The SMILES string of the molecule is CC1=C\[C@@H](O)C[C@H](OC(F)(F)F)Cc2nc(co2)C(=O)N2CCC=C2C(=O)OC(C(C)C)[C@H](C)/C=C/C(=O)NC\C=C\1. The van der Waals surface area contributed by atoms with E-state index >= 15 is 0 Å². The van der Waals surface area contributed by atoms with Gasteiger partial charge in [-0.3, -0.25) is 14.3 Å². The number of rotatable bonds is 2. The molecule has 0 aliphatic carbocycles. The van der Waals surface area contributed by atoms with E-state index in [2.05, 4.69) is 15.0 Å². The van der Waals surface area contributed by atoms with Crippen molar-refractivity contribution < 1.29 is 46.6 Å². The number of amides is 2. The third kappa shape index (κ3) is 9.69. The molecule has 2 aliphatic rings. The molecule has 230 valence electrons. The summed E-state index contributed by atoms with van der Waals surface area (Å²) in [5, 5.41) is 13.1. The molecule has 0 radical (unpaired) electrons. The molecular weight excluding hydrogens is 559 g/mol. The van der Waals surface area contributed by atoms with E-state index in [9.17, 15) is 32.7 Å². The average Bonchev–Trinajstić information content (AvgIpc) is 3.56. The van der Waals surface area contributed by atoms with Gasteiger partial charge in [0.2, 0.25) is 5.91 Å². The van der Waals surface area contributed by atoms with Crippen molar-refractivity contribution in [3.05, 3.63) is 65.6 Å². The molecule has 2 aliphatic heterocycles. The van der Waals surface area contributed by atoms with Crippen LogP contribution in [0.1, 0.15) is 56.9 Å². The number of hydrogen-bond donors (Lipinski definition) is 2. The minimum atomic E-state index is -4.99. The molecule has 0 saturated carbocycles. The fraction of sp³-hybridized carbons (Fsp3) is 0.517. The minimum Gasteiger partial charge on any atom is -0.457 e. The van der Waals surface area contributed by atoms with Crippen molar-refractivity contribution in [2.24, 2.45) is 11.8 Å². The van der Waals surface area contributed by atoms with E-state index in [1.807, 2.05) is 13.8 Å². The number of ether oxygens (including phenoxy) is 2. The van der Waals surface area contributed by atoms with Gasteiger partial charge in [-0.15, -0.1) is 13.2 Å². The summed E-state index contributed by atoms with van der Waals surface area (Å²) in [4.78, 5) is 43.9. The Bertz CT molecular complexity index is 1250. The summed E-state index contributed by atoms with van der Waals surface area (Å²) in [5.41, 5.74) is 0.349. The predicted molar refractivity (Wildman–Crippen MR) is 144 cm³/mol. The third-order valence-electron chi connectivity index (χ3n) is 6.61. The van der Waals surface area contributed by atoms with Gasteiger partial charge in [0.15, 0.2) is 11.6 Å². The van der Waals surface area contributed by atoms with Crippen LogP contribution < -0.4 is 5.32 Å². The van der Waals surface area contributed by atoms with Gasteiger partial charge in [0.05, 0.1) is 18.6 Å². The van der Waals surface area contributed by atoms with Crippen molar-refractivity contribution in [2.45, 2.75) is 71.6 Å². The second-order valence-corrected chi connectivity index (χ2v) is 10.5. The van der Waals surface area contributed by atoms with Gasteiger partial charge in [-0.1, -0.05) is 56.7 Å². The first kappa shape index (κ1) is 32.8. The second kappa shape index (κ2) is 14.5. The molecule has 13 heteroatoms. The molecule has 2 bridgehead atoms. The van der Waals surface area contributed by atoms with E-state index < -0.39 is 49.4 Å². The van der Waals surface area contributed by atoms with Crippen molar-refractivity contribution in [1.29, 1.82) is 0 Å². The number of halogens is 3. The zero-order valence-electron chi connectivity index (χ0n) is 23.9. The van der Waals surface area contributed by atoms with Gasteiger partial charge in [0.1, 0.15) is 18.1 Å². The van der Waals surface area contributed by atoms with Crippen LogP contribution in [-0.4, -0.2) is 70.5 Å². The lowest BCUT2D eigenvalue weighted by Gasteiger charge is -2.27. The highest BCUT2D eigenvalue weighted by Crippen LogP contribution is 2.26. The molecule has 1 unspecified atom stereocenters. The maximum atomic E-state index is 13.2. The number of aliphatic hydroxyl groups excluding tert-OH is 1. The highest BCUT2D eigenvalue weighted by Gasteiger charge is 2.36. The summed E-state index contributed by atoms with van der Waals surface area (Å²) in [6.45, 7) is 7.51. The monoisotopic (exact) mass is 595 g/mol. The highest BCUT2D eigenvalue weighted by atomic mass is 19.4. The predicted octanol–water partition coefficient (Wildman–Crippen LogP) is 4.00. The van der Waals surface area contributed by atoms with Crippen molar-refractivity contribution in [3.8, 4) is 0 Å². The zero-order chi connectivity index (χ0) is 31.0. The van der Waals surface area contributed by atoms with Crippen molar-refractivity contribution >= 4 is 17.8 Å². The largest absolute Gasteiger partial charge is 0.522 e. The van der Waals surface area contributed by atoms with E-state index in [0.29, 0.717) is 12.0 Å². The van der Waals surface area contributed by atoms with E-state index in [1.165, 1.54) is 17.1 Å². The lowest BCUT2D eigenvalue weighted by molar-refractivity contribution is -0.344. The number of aliphatic hydroxyl groups is 1. The van der Waals surface area contributed by atoms with Crippen molar-refractivity contribution in [1.82, 2.24) is 15.2 Å². The first-order valence-electron chi connectivity index (χ1n) is 13.6. The smallest absolute Gasteiger partial charge is 0.457 e. The lowest BCUT2D eigenvalue weighted by Crippen LogP contribution is -2.36. The summed E-state index contributed by atoms with van der Waals surface area (Å²) in [7, 11) is 0. The topological polar surface area (TPSA) is 131 Å². The van der Waals surface area contributed by atoms with E-state index in [1.54, 1.807) is 38.2 Å². The Labute approximate surface area is 241 Å². The molecule has 1 aromatic heterocycles. The molecule has 2 amide bonds. The summed E-state index contributed by atoms with van der Waals surface area (Å²) in [6.07, 6.45) is 1.09. The standard InChI is InChI=1S/C29H36F3N3O7/c1-17(2)26-19(4)9-10-24(37)33-11-5-7-18(3)13-20(36)14-21(42-29(30,31)32)15-25-34-22(16-40-25)27(38)35-12-6-8-23(35)28(39)41-26/h5,7-10,13,16-17,19-21,26,36H,6,11-12,14-15H2,1-4H3,(H,33,37)/b7-5+,10-9+,18-13+/t19-,20-,21+,26?/m1/s1. The van der Waals surface area contributed by atoms with Crippen molar-refractivity contribution in [3.63, 3.8) is 0 Å². The van der Waals surface area contributed by atoms with Gasteiger partial charge < -0.3 is 24.5 Å². The van der Waals surface area contributed by atoms with Gasteiger partial charge in [-0.2, -0.15) is 0 Å². The number of fused-ring (bicyclic) bond motifs is 3. The number of alkyl halides is 3. The van der Waals surface area contributed by atoms with E-state index in [4.69, 9.17) is 9.15 Å². The maximum Gasteiger partial charge on any atom is 0.522 e. The average molecular weight is 596 g/mol. The summed E-state index contributed by atoms with van der Waals surface area (Å²) in [5.74, 6) is -2.45. The number of carbonyl (C=O) groups excluding carboxylic acids is 3. The first-order valence-corrected chi connectivity index (χ1v) is 13.6. The maximum absolute atomic E-state index is 13.2. The van der Waals surface area contributed by atoms with Crippen LogP contribution in [0, 0.1) is 11.8 Å². The quantitative estimate of drug-likeness (QED) is 0.491. The number of nitrogens with zero attached hydrogens (tertiary/aromatic N) is 2. The Balaban J connectivity index is 1.92. The number of esters is 1. The van der Waals surface area contributed by atoms with Gasteiger partial charge in [0.25, 0.3) is 5.91 Å². The number of oxazole rings is 1. The molecule has 4 atom stereocenters. The highest BCUT2D eigenvalue weighted by molar-refractivity contribution is 6.00. The van der Waals surface area contributed by atoms with Crippen LogP contribution >= 0.6 is 0 Å². The number of allylic oxidation sites excluding steroid dienone is 2. The summed E-state index contributed by atoms with van der Waals surface area (Å²) in [6, 6.07) is 0. The van der Waals surface area contributed by atoms with Gasteiger partial charge >= 0.3 is 12.3 Å². The Morgan fingerprint density at radius 2 is 1.95 bits per heavy atom. The Kier molecular flexibility index (Phi) is 11.3. The molecule has 0 fully saturated rings. The summed E-state index contributed by atoms with van der Waals surface area (Å²) < 4.78 is 54.6. The lowest BCUT2D eigenvalue weighted by atomic mass is 9.94. The minimum absolute atomic E-state index is 0.0119. The molecule has 2 N–H and O–H groups in total. The Hall–Kier alpha value is -3.71. The van der Waals surface area contributed by atoms with Crippen LogP contribution in [0.15, 0.2) is 58.4 Å². The molecule has 10 nitrogen and oxygen atoms in total. The van der Waals surface area contributed by atoms with Crippen LogP contribution in [0.5, 0.6) is 0 Å². The van der Waals surface area contributed by atoms with Crippen LogP contribution in [0.2, 0.25) is 0 Å². The van der Waals surface area contributed by atoms with Crippen LogP contribution in [-0.2, 0) is 25.5 Å². The van der Waals surface area contributed by atoms with E-state index in [0.717, 1.165) is 6.26 Å². The van der Waals surface area contributed by atoms with Crippen LogP contribution in [0.25, 0.3) is 0 Å². The molecule has 0 aromatic carbocycles. The molecule has 3 rings (SSSR count). The summed E-state index contributed by atoms with van der Waals surface area (Å²) >= 11 is 0. The first-order chi connectivity index (χ1) is 19.7. The van der Waals surface area contributed by atoms with Gasteiger partial charge in [0, 0.05) is 25.4 Å². The number of cyclic esters (lactones) is 1. The van der Waals surface area contributed by atoms with E-state index in [-0.39, 0.29) is 48.1 Å². The second-order valence-electron chi connectivity index (χ2n) is 10.5. The van der Waals surface area contributed by atoms with Gasteiger partial charge in [-0.05, 0) is 25.3 Å². The normalized spacial score (nSPS) is 28.3. The van der Waals surface area contributed by atoms with Gasteiger partial charge in [-0.25, -0.2) is 9.78 Å². The van der Waals surface area contributed by atoms with Crippen molar-refractivity contribution in [2.75, 3.05) is 13.1 Å². The Morgan fingerprint density at radius 1 is 1.21 bits per heavy atom. The molecular formula is C29H36F3N3O7. The Morgan fingerprint density at radius 3 is 2.64 bits per heavy atom. The van der Waals surface area contributed by atoms with Crippen LogP contribution in [0.4, 0.5) is 13.2 Å². The fourth-order valence-electron chi connectivity index (χ4n) is 4.71. The number of aromatic nitrogens is 1. The zero-order valence-corrected chi connectivity index (χ0v) is 23.9. The molecule has 1 aromatic rings. The third-order valence-corrected chi connectivity index (χ3v) is 6.61. The number of nitrogens with one attached hydrogen (secondary N) is 1. The van der Waals surface area contributed by atoms with Crippen LogP contribution in [0.3, 0.4) is 0 Å². The molecule has 0 saturated heterocycles. The molecule has 0 spiro atoms. The molecule has 3 heterocycles. The number of carbonyl (C=O) groups is 3. The fourth-order valence-corrected chi connectivity index (χ4v) is 4.71.